The third-order valence-corrected chi connectivity index (χ3v) is 10.1. The second kappa shape index (κ2) is 12.4. The van der Waals surface area contributed by atoms with Crippen molar-refractivity contribution in [2.45, 2.75) is 37.6 Å². The summed E-state index contributed by atoms with van der Waals surface area (Å²) in [7, 11) is -0.300. The molecule has 4 aromatic rings. The lowest BCUT2D eigenvalue weighted by atomic mass is 10.0. The predicted octanol–water partition coefficient (Wildman–Crippen LogP) is 6.13. The van der Waals surface area contributed by atoms with E-state index in [1.807, 2.05) is 60.7 Å². The van der Waals surface area contributed by atoms with Crippen LogP contribution in [0.4, 0.5) is 5.69 Å². The normalized spacial score (nSPS) is 15.3. The second-order valence-electron chi connectivity index (χ2n) is 10.1. The van der Waals surface area contributed by atoms with Crippen molar-refractivity contribution >= 4 is 27.0 Å². The first-order valence-electron chi connectivity index (χ1n) is 13.5. The molecule has 0 unspecified atom stereocenters. The van der Waals surface area contributed by atoms with Crippen molar-refractivity contribution in [1.82, 2.24) is 8.87 Å². The lowest BCUT2D eigenvalue weighted by Crippen LogP contribution is -2.37. The molecular formula is C31H35N3O4S2. The summed E-state index contributed by atoms with van der Waals surface area (Å²) >= 11 is 1.55. The van der Waals surface area contributed by atoms with Crippen LogP contribution in [-0.4, -0.2) is 44.6 Å². The Morgan fingerprint density at radius 2 is 1.68 bits per heavy atom. The summed E-state index contributed by atoms with van der Waals surface area (Å²) in [4.78, 5) is 6.10. The quantitative estimate of drug-likeness (QED) is 0.240. The van der Waals surface area contributed by atoms with Gasteiger partial charge in [-0.1, -0.05) is 43.3 Å². The zero-order chi connectivity index (χ0) is 28.1. The summed E-state index contributed by atoms with van der Waals surface area (Å²) in [6.45, 7) is 3.97. The highest BCUT2D eigenvalue weighted by atomic mass is 32.2. The predicted molar refractivity (Wildman–Crippen MR) is 160 cm³/mol. The summed E-state index contributed by atoms with van der Waals surface area (Å²) in [5, 5.41) is 2.06. The van der Waals surface area contributed by atoms with E-state index in [-0.39, 0.29) is 0 Å². The fraction of sp³-hybridized carbons (Fsp3) is 0.323. The van der Waals surface area contributed by atoms with Crippen LogP contribution in [0.3, 0.4) is 0 Å². The van der Waals surface area contributed by atoms with Crippen molar-refractivity contribution in [1.29, 1.82) is 0 Å². The van der Waals surface area contributed by atoms with Crippen LogP contribution in [0.2, 0.25) is 0 Å². The van der Waals surface area contributed by atoms with Crippen LogP contribution < -0.4 is 14.3 Å². The van der Waals surface area contributed by atoms with E-state index in [0.717, 1.165) is 46.6 Å². The number of methoxy groups -OCH3 is 2. The number of nitrogens with zero attached hydrogens (tertiary/aromatic N) is 3. The van der Waals surface area contributed by atoms with Gasteiger partial charge in [0.2, 0.25) is 10.0 Å². The van der Waals surface area contributed by atoms with Crippen LogP contribution >= 0.6 is 11.3 Å². The first kappa shape index (κ1) is 28.1. The Morgan fingerprint density at radius 3 is 2.40 bits per heavy atom. The molecule has 0 amide bonds. The molecule has 9 heteroatoms. The van der Waals surface area contributed by atoms with Crippen molar-refractivity contribution in [3.05, 3.63) is 88.5 Å². The molecule has 5 rings (SSSR count). The zero-order valence-corrected chi connectivity index (χ0v) is 24.7. The molecule has 40 heavy (non-hydrogen) atoms. The molecule has 0 bridgehead atoms. The Kier molecular flexibility index (Phi) is 8.73. The average molecular weight is 578 g/mol. The number of thiazole rings is 1. The van der Waals surface area contributed by atoms with Crippen LogP contribution in [0.25, 0.3) is 11.3 Å². The lowest BCUT2D eigenvalue weighted by Gasteiger charge is -2.29. The van der Waals surface area contributed by atoms with Gasteiger partial charge in [0.15, 0.2) is 16.3 Å². The van der Waals surface area contributed by atoms with E-state index in [1.165, 1.54) is 0 Å². The molecule has 1 aromatic heterocycles. The molecule has 0 atom stereocenters. The molecule has 0 N–H and O–H groups in total. The summed E-state index contributed by atoms with van der Waals surface area (Å²) in [5.74, 6) is 1.94. The average Bonchev–Trinajstić information content (AvgIpc) is 3.38. The minimum atomic E-state index is -3.56. The summed E-state index contributed by atoms with van der Waals surface area (Å²) in [6.07, 6.45) is 2.52. The third kappa shape index (κ3) is 6.16. The molecule has 210 valence electrons. The molecule has 0 aliphatic carbocycles. The Hall–Kier alpha value is -3.40. The minimum Gasteiger partial charge on any atom is -0.493 e. The van der Waals surface area contributed by atoms with Gasteiger partial charge < -0.3 is 14.0 Å². The monoisotopic (exact) mass is 577 g/mol. The lowest BCUT2D eigenvalue weighted by molar-refractivity contribution is 0.288. The Balaban J connectivity index is 1.51. The highest BCUT2D eigenvalue weighted by molar-refractivity contribution is 7.89. The standard InChI is InChI=1S/C31H35N3O4S2/c1-23-14-17-33(18-15-23)40(35,36)27-11-7-8-25(21-27)28-22-39-31(32-26-9-5-4-6-10-26)34(28)19-16-24-12-13-29(37-2)30(20-24)38-3/h4-13,20-23H,14-19H2,1-3H3. The number of hydrogen-bond acceptors (Lipinski definition) is 6. The first-order valence-corrected chi connectivity index (χ1v) is 15.8. The Morgan fingerprint density at radius 1 is 0.925 bits per heavy atom. The molecule has 0 radical (unpaired) electrons. The van der Waals surface area contributed by atoms with Crippen molar-refractivity contribution in [3.63, 3.8) is 0 Å². The van der Waals surface area contributed by atoms with E-state index < -0.39 is 10.0 Å². The van der Waals surface area contributed by atoms with Gasteiger partial charge in [-0.15, -0.1) is 11.3 Å². The Bertz CT molecular complexity index is 1620. The number of benzene rings is 3. The van der Waals surface area contributed by atoms with Crippen LogP contribution in [0, 0.1) is 5.92 Å². The van der Waals surface area contributed by atoms with Gasteiger partial charge in [-0.3, -0.25) is 0 Å². The maximum Gasteiger partial charge on any atom is 0.243 e. The molecule has 1 fully saturated rings. The highest BCUT2D eigenvalue weighted by Crippen LogP contribution is 2.30. The van der Waals surface area contributed by atoms with E-state index >= 15 is 0 Å². The number of sulfonamides is 1. The first-order chi connectivity index (χ1) is 19.4. The van der Waals surface area contributed by atoms with Crippen molar-refractivity contribution < 1.29 is 17.9 Å². The molecule has 0 saturated carbocycles. The molecule has 1 saturated heterocycles. The van der Waals surface area contributed by atoms with E-state index in [9.17, 15) is 8.42 Å². The van der Waals surface area contributed by atoms with Crippen LogP contribution in [0.5, 0.6) is 11.5 Å². The number of para-hydroxylation sites is 1. The fourth-order valence-corrected chi connectivity index (χ4v) is 7.42. The van der Waals surface area contributed by atoms with Gasteiger partial charge in [-0.05, 0) is 67.1 Å². The molecule has 1 aliphatic rings. The Labute approximate surface area is 240 Å². The molecule has 7 nitrogen and oxygen atoms in total. The number of rotatable bonds is 9. The van der Waals surface area contributed by atoms with Crippen molar-refractivity contribution in [2.75, 3.05) is 27.3 Å². The van der Waals surface area contributed by atoms with Gasteiger partial charge in [0.25, 0.3) is 0 Å². The van der Waals surface area contributed by atoms with Crippen LogP contribution in [-0.2, 0) is 23.0 Å². The third-order valence-electron chi connectivity index (χ3n) is 7.36. The number of aromatic nitrogens is 1. The molecule has 2 heterocycles. The fourth-order valence-electron chi connectivity index (χ4n) is 4.95. The number of hydrogen-bond donors (Lipinski definition) is 0. The van der Waals surface area contributed by atoms with Crippen LogP contribution in [0.1, 0.15) is 25.3 Å². The van der Waals surface area contributed by atoms with Gasteiger partial charge in [0, 0.05) is 30.6 Å². The van der Waals surface area contributed by atoms with E-state index in [4.69, 9.17) is 14.5 Å². The minimum absolute atomic E-state index is 0.332. The van der Waals surface area contributed by atoms with Gasteiger partial charge in [0.1, 0.15) is 0 Å². The maximum absolute atomic E-state index is 13.5. The van der Waals surface area contributed by atoms with Gasteiger partial charge in [0.05, 0.1) is 30.5 Å². The molecule has 0 spiro atoms. The zero-order valence-electron chi connectivity index (χ0n) is 23.1. The van der Waals surface area contributed by atoms with E-state index in [1.54, 1.807) is 42.0 Å². The van der Waals surface area contributed by atoms with Crippen molar-refractivity contribution in [2.24, 2.45) is 10.9 Å². The van der Waals surface area contributed by atoms with E-state index in [0.29, 0.717) is 41.9 Å². The maximum atomic E-state index is 13.5. The second-order valence-corrected chi connectivity index (χ2v) is 12.8. The van der Waals surface area contributed by atoms with Gasteiger partial charge in [-0.2, -0.15) is 4.31 Å². The van der Waals surface area contributed by atoms with Gasteiger partial charge in [-0.25, -0.2) is 13.4 Å². The number of ether oxygens (including phenoxy) is 2. The molecule has 1 aliphatic heterocycles. The smallest absolute Gasteiger partial charge is 0.243 e. The SMILES string of the molecule is COc1ccc(CCn2c(-c3cccc(S(=O)(=O)N4CCC(C)CC4)c3)csc2=Nc2ccccc2)cc1OC. The van der Waals surface area contributed by atoms with Gasteiger partial charge >= 0.3 is 0 Å². The number of piperidine rings is 1. The largest absolute Gasteiger partial charge is 0.493 e. The topological polar surface area (TPSA) is 73.1 Å². The summed E-state index contributed by atoms with van der Waals surface area (Å²) in [5.41, 5.74) is 3.75. The number of aryl methyl sites for hydroxylation is 1. The highest BCUT2D eigenvalue weighted by Gasteiger charge is 2.28. The van der Waals surface area contributed by atoms with Crippen molar-refractivity contribution in [3.8, 4) is 22.8 Å². The van der Waals surface area contributed by atoms with Crippen LogP contribution in [0.15, 0.2) is 88.1 Å². The summed E-state index contributed by atoms with van der Waals surface area (Å²) < 4.78 is 41.7. The van der Waals surface area contributed by atoms with E-state index in [2.05, 4.69) is 16.9 Å². The summed E-state index contributed by atoms with van der Waals surface area (Å²) in [6, 6.07) is 23.1. The molecular weight excluding hydrogens is 542 g/mol. The molecule has 3 aromatic carbocycles.